The highest BCUT2D eigenvalue weighted by molar-refractivity contribution is 7.86. The number of nitrogens with zero attached hydrogens (tertiary/aromatic N) is 2. The smallest absolute Gasteiger partial charge is 0.451 e. The molecule has 15 heteroatoms. The van der Waals surface area contributed by atoms with E-state index in [4.69, 9.17) is 26.3 Å². The molecule has 2 saturated heterocycles. The Morgan fingerprint density at radius 2 is 1.94 bits per heavy atom. The van der Waals surface area contributed by atoms with Gasteiger partial charge in [0.2, 0.25) is 5.91 Å². The summed E-state index contributed by atoms with van der Waals surface area (Å²) in [5.41, 5.74) is 9.97. The van der Waals surface area contributed by atoms with E-state index in [9.17, 15) is 23.1 Å². The summed E-state index contributed by atoms with van der Waals surface area (Å²) < 4.78 is 35.1. The number of aliphatic carboxylic acids is 1. The summed E-state index contributed by atoms with van der Waals surface area (Å²) in [4.78, 5) is 24.1. The van der Waals surface area contributed by atoms with E-state index in [0.29, 0.717) is 0 Å². The van der Waals surface area contributed by atoms with Crippen LogP contribution in [0.2, 0.25) is 6.32 Å². The van der Waals surface area contributed by atoms with Crippen LogP contribution in [0.3, 0.4) is 0 Å². The van der Waals surface area contributed by atoms with Gasteiger partial charge in [-0.25, -0.2) is 0 Å². The van der Waals surface area contributed by atoms with Crippen molar-refractivity contribution in [3.05, 3.63) is 0 Å². The van der Waals surface area contributed by atoms with Crippen molar-refractivity contribution in [2.75, 3.05) is 26.3 Å². The molecule has 2 aliphatic rings. The zero-order valence-corrected chi connectivity index (χ0v) is 20.1. The number of nitrogens with two attached hydrogens (primary N) is 2. The summed E-state index contributed by atoms with van der Waals surface area (Å²) in [5.74, 6) is -2.47. The predicted octanol–water partition coefficient (Wildman–Crippen LogP) is -2.86. The van der Waals surface area contributed by atoms with E-state index in [2.05, 4.69) is 5.32 Å². The van der Waals surface area contributed by atoms with Crippen LogP contribution < -0.4 is 16.8 Å². The first kappa shape index (κ1) is 27.9. The van der Waals surface area contributed by atoms with Gasteiger partial charge in [0.1, 0.15) is 5.54 Å². The van der Waals surface area contributed by atoms with Crippen LogP contribution >= 0.6 is 0 Å². The fourth-order valence-electron chi connectivity index (χ4n) is 4.41. The van der Waals surface area contributed by atoms with Crippen LogP contribution in [0.1, 0.15) is 33.6 Å². The van der Waals surface area contributed by atoms with Crippen molar-refractivity contribution in [2.45, 2.75) is 69.6 Å². The van der Waals surface area contributed by atoms with E-state index >= 15 is 0 Å². The van der Waals surface area contributed by atoms with Crippen LogP contribution in [-0.4, -0.2) is 107 Å². The highest BCUT2D eigenvalue weighted by atomic mass is 32.2. The van der Waals surface area contributed by atoms with Crippen molar-refractivity contribution in [3.63, 3.8) is 0 Å². The van der Waals surface area contributed by atoms with E-state index in [1.165, 1.54) is 11.2 Å². The Hall–Kier alpha value is -1.33. The van der Waals surface area contributed by atoms with Crippen LogP contribution in [0, 0.1) is 5.92 Å². The third-order valence-corrected chi connectivity index (χ3v) is 8.38. The standard InChI is InChI=1S/C18H36BN5O8S/c1-11(2)24(15-9-32-8-14(15)22-16(25)12(3)20)33(30,31)23-7-13(5-4-6-19(28)29)18(21,10-23)17(26)27/h11-15,28-29H,4-10,20-21H2,1-3H3,(H,22,25)(H,26,27)/t12-,13-,14-,15?,18-/m0/s1. The number of carboxylic acids is 1. The summed E-state index contributed by atoms with van der Waals surface area (Å²) in [6, 6.07) is -2.62. The zero-order valence-electron chi connectivity index (χ0n) is 19.3. The number of amides is 1. The molecule has 2 heterocycles. The van der Waals surface area contributed by atoms with Crippen molar-refractivity contribution >= 4 is 29.2 Å². The first-order valence-corrected chi connectivity index (χ1v) is 12.4. The lowest BCUT2D eigenvalue weighted by Crippen LogP contribution is -2.60. The second-order valence-corrected chi connectivity index (χ2v) is 11.0. The molecule has 0 aliphatic carbocycles. The number of carboxylic acid groups (broad SMARTS) is 1. The lowest BCUT2D eigenvalue weighted by molar-refractivity contribution is -0.144. The number of hydrogen-bond acceptors (Lipinski definition) is 9. The number of carbonyl (C=O) groups excluding carboxylic acids is 1. The summed E-state index contributed by atoms with van der Waals surface area (Å²) in [7, 11) is -5.73. The minimum atomic E-state index is -4.19. The largest absolute Gasteiger partial charge is 0.480 e. The van der Waals surface area contributed by atoms with Gasteiger partial charge in [0, 0.05) is 25.0 Å². The van der Waals surface area contributed by atoms with E-state index in [-0.39, 0.29) is 38.9 Å². The maximum Gasteiger partial charge on any atom is 0.451 e. The molecule has 0 bridgehead atoms. The van der Waals surface area contributed by atoms with Gasteiger partial charge >= 0.3 is 13.1 Å². The fourth-order valence-corrected chi connectivity index (χ4v) is 6.50. The van der Waals surface area contributed by atoms with Crippen LogP contribution in [0.25, 0.3) is 0 Å². The molecule has 0 saturated carbocycles. The van der Waals surface area contributed by atoms with Gasteiger partial charge in [-0.15, -0.1) is 0 Å². The van der Waals surface area contributed by atoms with E-state index < -0.39 is 71.4 Å². The third kappa shape index (κ3) is 6.22. The Morgan fingerprint density at radius 1 is 1.30 bits per heavy atom. The van der Waals surface area contributed by atoms with Crippen LogP contribution in [0.5, 0.6) is 0 Å². The Labute approximate surface area is 194 Å². The van der Waals surface area contributed by atoms with Gasteiger partial charge in [-0.1, -0.05) is 6.42 Å². The maximum absolute atomic E-state index is 13.7. The molecule has 190 valence electrons. The Kier molecular flexibility index (Phi) is 9.26. The Balaban J connectivity index is 2.28. The van der Waals surface area contributed by atoms with Gasteiger partial charge in [0.25, 0.3) is 10.2 Å². The minimum absolute atomic E-state index is 0.0252. The maximum atomic E-state index is 13.7. The molecule has 5 atom stereocenters. The molecule has 0 spiro atoms. The van der Waals surface area contributed by atoms with Gasteiger partial charge in [-0.05, 0) is 33.5 Å². The average Bonchev–Trinajstić information content (AvgIpc) is 3.27. The van der Waals surface area contributed by atoms with Gasteiger partial charge < -0.3 is 36.7 Å². The van der Waals surface area contributed by atoms with Crippen molar-refractivity contribution in [1.29, 1.82) is 0 Å². The molecule has 0 aromatic rings. The summed E-state index contributed by atoms with van der Waals surface area (Å²) >= 11 is 0. The molecule has 1 unspecified atom stereocenters. The number of hydrogen-bond donors (Lipinski definition) is 6. The molecule has 2 rings (SSSR count). The van der Waals surface area contributed by atoms with Gasteiger partial charge in [0.15, 0.2) is 0 Å². The highest BCUT2D eigenvalue weighted by Crippen LogP contribution is 2.34. The fraction of sp³-hybridized carbons (Fsp3) is 0.889. The molecule has 0 aromatic carbocycles. The van der Waals surface area contributed by atoms with E-state index in [1.807, 2.05) is 0 Å². The van der Waals surface area contributed by atoms with Gasteiger partial charge in [-0.3, -0.25) is 9.59 Å². The minimum Gasteiger partial charge on any atom is -0.480 e. The second kappa shape index (κ2) is 10.9. The number of carbonyl (C=O) groups is 2. The second-order valence-electron chi connectivity index (χ2n) is 9.19. The van der Waals surface area contributed by atoms with Crippen molar-refractivity contribution in [2.24, 2.45) is 17.4 Å². The van der Waals surface area contributed by atoms with E-state index in [1.54, 1.807) is 13.8 Å². The van der Waals surface area contributed by atoms with E-state index in [0.717, 1.165) is 4.31 Å². The monoisotopic (exact) mass is 493 g/mol. The summed E-state index contributed by atoms with van der Waals surface area (Å²) in [6.07, 6.45) is 0.517. The summed E-state index contributed by atoms with van der Waals surface area (Å²) in [6.45, 7) is 4.51. The lowest BCUT2D eigenvalue weighted by atomic mass is 9.78. The first-order valence-electron chi connectivity index (χ1n) is 11.0. The third-order valence-electron chi connectivity index (χ3n) is 6.22. The first-order chi connectivity index (χ1) is 15.2. The van der Waals surface area contributed by atoms with Crippen molar-refractivity contribution < 1.29 is 37.9 Å². The number of nitrogens with one attached hydrogen (secondary N) is 1. The number of ether oxygens (including phenoxy) is 1. The van der Waals surface area contributed by atoms with Crippen molar-refractivity contribution in [3.8, 4) is 0 Å². The normalized spacial score (nSPS) is 29.5. The average molecular weight is 493 g/mol. The molecule has 13 nitrogen and oxygen atoms in total. The molecule has 1 amide bonds. The summed E-state index contributed by atoms with van der Waals surface area (Å²) in [5, 5.41) is 30.6. The molecule has 8 N–H and O–H groups in total. The quantitative estimate of drug-likeness (QED) is 0.162. The molecule has 0 radical (unpaired) electrons. The topological polar surface area (TPSA) is 209 Å². The molecular formula is C18H36BN5O8S. The van der Waals surface area contributed by atoms with Crippen LogP contribution in [0.4, 0.5) is 0 Å². The molecule has 0 aromatic heterocycles. The van der Waals surface area contributed by atoms with Crippen molar-refractivity contribution in [1.82, 2.24) is 13.9 Å². The molecular weight excluding hydrogens is 457 g/mol. The Bertz CT molecular complexity index is 814. The highest BCUT2D eigenvalue weighted by Gasteiger charge is 2.55. The number of rotatable bonds is 11. The van der Waals surface area contributed by atoms with Crippen LogP contribution in [-0.2, 0) is 24.5 Å². The Morgan fingerprint density at radius 3 is 2.45 bits per heavy atom. The van der Waals surface area contributed by atoms with Gasteiger partial charge in [0.05, 0.1) is 31.3 Å². The lowest BCUT2D eigenvalue weighted by Gasteiger charge is -2.37. The zero-order chi connectivity index (χ0) is 25.1. The predicted molar refractivity (Wildman–Crippen MR) is 120 cm³/mol. The van der Waals surface area contributed by atoms with Gasteiger partial charge in [-0.2, -0.15) is 17.0 Å². The molecule has 33 heavy (non-hydrogen) atoms. The van der Waals surface area contributed by atoms with Crippen LogP contribution in [0.15, 0.2) is 0 Å². The SMILES string of the molecule is CC(C)N(C1COC[C@@H]1NC(=O)[C@H](C)N)S(=O)(=O)N1C[C@H](CCCB(O)O)[C@](N)(C(=O)O)C1. The molecule has 2 aliphatic heterocycles. The molecule has 2 fully saturated rings.